The molecule has 3 heterocycles. The lowest BCUT2D eigenvalue weighted by atomic mass is 10.0. The lowest BCUT2D eigenvalue weighted by Gasteiger charge is -2.29. The van der Waals surface area contributed by atoms with Crippen molar-refractivity contribution in [3.05, 3.63) is 70.8 Å². The Morgan fingerprint density at radius 3 is 2.50 bits per heavy atom. The van der Waals surface area contributed by atoms with E-state index in [9.17, 15) is 18.0 Å². The molecule has 1 amide bonds. The maximum atomic E-state index is 13.9. The van der Waals surface area contributed by atoms with Crippen LogP contribution in [-0.4, -0.2) is 52.9 Å². The molecular formula is C28H31F3N4O. The Morgan fingerprint density at radius 1 is 1.03 bits per heavy atom. The highest BCUT2D eigenvalue weighted by molar-refractivity contribution is 6.07. The van der Waals surface area contributed by atoms with Gasteiger partial charge < -0.3 is 15.1 Å². The lowest BCUT2D eigenvalue weighted by Crippen LogP contribution is -2.42. The molecular weight excluding hydrogens is 465 g/mol. The molecule has 2 aliphatic heterocycles. The maximum Gasteiger partial charge on any atom is 0.416 e. The summed E-state index contributed by atoms with van der Waals surface area (Å²) in [5.74, 6) is 0.553. The zero-order chi connectivity index (χ0) is 25.3. The quantitative estimate of drug-likeness (QED) is 0.463. The van der Waals surface area contributed by atoms with E-state index in [2.05, 4.69) is 10.2 Å². The van der Waals surface area contributed by atoms with E-state index >= 15 is 0 Å². The Morgan fingerprint density at radius 2 is 1.78 bits per heavy atom. The topological polar surface area (TPSA) is 48.5 Å². The van der Waals surface area contributed by atoms with Crippen molar-refractivity contribution in [2.45, 2.75) is 51.4 Å². The van der Waals surface area contributed by atoms with Crippen LogP contribution in [0.15, 0.2) is 48.5 Å². The van der Waals surface area contributed by atoms with Gasteiger partial charge in [-0.25, -0.2) is 4.98 Å². The number of pyridine rings is 1. The van der Waals surface area contributed by atoms with E-state index in [0.717, 1.165) is 67.6 Å². The van der Waals surface area contributed by atoms with E-state index in [4.69, 9.17) is 4.98 Å². The summed E-state index contributed by atoms with van der Waals surface area (Å²) in [7, 11) is 0. The molecule has 0 bridgehead atoms. The first-order valence-electron chi connectivity index (χ1n) is 12.6. The predicted molar refractivity (Wildman–Crippen MR) is 135 cm³/mol. The number of anilines is 1. The van der Waals surface area contributed by atoms with Crippen molar-refractivity contribution in [2.75, 3.05) is 31.5 Å². The van der Waals surface area contributed by atoms with Gasteiger partial charge in [0.25, 0.3) is 5.91 Å². The number of nitrogens with one attached hydrogen (secondary N) is 1. The van der Waals surface area contributed by atoms with Crippen molar-refractivity contribution < 1.29 is 18.0 Å². The molecule has 0 unspecified atom stereocenters. The van der Waals surface area contributed by atoms with E-state index in [1.807, 2.05) is 30.0 Å². The van der Waals surface area contributed by atoms with Crippen molar-refractivity contribution in [3.8, 4) is 0 Å². The summed E-state index contributed by atoms with van der Waals surface area (Å²) in [5.41, 5.74) is 2.42. The summed E-state index contributed by atoms with van der Waals surface area (Å²) in [5, 5.41) is 4.04. The number of carbonyl (C=O) groups excluding carboxylic acids is 1. The van der Waals surface area contributed by atoms with Crippen LogP contribution in [-0.2, 0) is 12.7 Å². The van der Waals surface area contributed by atoms with Gasteiger partial charge in [-0.05, 0) is 81.6 Å². The Kier molecular flexibility index (Phi) is 6.88. The molecule has 1 aromatic heterocycles. The Balaban J connectivity index is 1.39. The highest BCUT2D eigenvalue weighted by Crippen LogP contribution is 2.30. The van der Waals surface area contributed by atoms with Crippen molar-refractivity contribution >= 4 is 22.6 Å². The van der Waals surface area contributed by atoms with E-state index < -0.39 is 11.7 Å². The molecule has 0 radical (unpaired) electrons. The molecule has 2 fully saturated rings. The fourth-order valence-corrected chi connectivity index (χ4v) is 5.32. The lowest BCUT2D eigenvalue weighted by molar-refractivity contribution is -0.137. The number of aromatic nitrogens is 1. The van der Waals surface area contributed by atoms with Crippen molar-refractivity contribution in [1.29, 1.82) is 0 Å². The second-order valence-electron chi connectivity index (χ2n) is 9.93. The zero-order valence-corrected chi connectivity index (χ0v) is 20.4. The molecule has 36 heavy (non-hydrogen) atoms. The summed E-state index contributed by atoms with van der Waals surface area (Å²) in [6, 6.07) is 13.0. The molecule has 0 aliphatic carbocycles. The molecule has 3 aromatic rings. The number of aryl methyl sites for hydroxylation is 1. The van der Waals surface area contributed by atoms with E-state index in [1.165, 1.54) is 25.0 Å². The number of likely N-dealkylation sites (tertiary alicyclic amines) is 2. The van der Waals surface area contributed by atoms with Gasteiger partial charge in [0.15, 0.2) is 0 Å². The number of hydrogen-bond acceptors (Lipinski definition) is 4. The van der Waals surface area contributed by atoms with Gasteiger partial charge in [-0.2, -0.15) is 13.2 Å². The van der Waals surface area contributed by atoms with Gasteiger partial charge in [-0.15, -0.1) is 0 Å². The highest BCUT2D eigenvalue weighted by Gasteiger charge is 2.32. The number of hydrogen-bond donors (Lipinski definition) is 1. The highest BCUT2D eigenvalue weighted by atomic mass is 19.4. The van der Waals surface area contributed by atoms with Gasteiger partial charge in [-0.3, -0.25) is 4.79 Å². The van der Waals surface area contributed by atoms with E-state index in [0.29, 0.717) is 23.5 Å². The van der Waals surface area contributed by atoms with Crippen LogP contribution in [0, 0.1) is 6.92 Å². The fraction of sp³-hybridized carbons (Fsp3) is 0.429. The van der Waals surface area contributed by atoms with Gasteiger partial charge in [-0.1, -0.05) is 23.8 Å². The maximum absolute atomic E-state index is 13.9. The molecule has 2 saturated heterocycles. The van der Waals surface area contributed by atoms with Gasteiger partial charge >= 0.3 is 6.18 Å². The van der Waals surface area contributed by atoms with Crippen LogP contribution in [0.1, 0.15) is 52.7 Å². The summed E-state index contributed by atoms with van der Waals surface area (Å²) in [6.07, 6.45) is 0.113. The first-order valence-corrected chi connectivity index (χ1v) is 12.6. The average molecular weight is 497 g/mol. The molecule has 190 valence electrons. The number of carbonyl (C=O) groups is 1. The summed E-state index contributed by atoms with van der Waals surface area (Å²) in [4.78, 5) is 23.0. The van der Waals surface area contributed by atoms with Crippen molar-refractivity contribution in [3.63, 3.8) is 0 Å². The first-order chi connectivity index (χ1) is 17.3. The third kappa shape index (κ3) is 5.33. The van der Waals surface area contributed by atoms with Gasteiger partial charge in [0, 0.05) is 31.1 Å². The molecule has 0 saturated carbocycles. The van der Waals surface area contributed by atoms with Gasteiger partial charge in [0.2, 0.25) is 0 Å². The van der Waals surface area contributed by atoms with Crippen LogP contribution in [0.3, 0.4) is 0 Å². The number of benzene rings is 2. The minimum absolute atomic E-state index is 0.0206. The van der Waals surface area contributed by atoms with Gasteiger partial charge in [0.1, 0.15) is 5.82 Å². The largest absolute Gasteiger partial charge is 0.416 e. The summed E-state index contributed by atoms with van der Waals surface area (Å²) < 4.78 is 38.6. The third-order valence-electron chi connectivity index (χ3n) is 7.26. The predicted octanol–water partition coefficient (Wildman–Crippen LogP) is 5.87. The number of fused-ring (bicyclic) bond motifs is 1. The van der Waals surface area contributed by atoms with Crippen LogP contribution in [0.2, 0.25) is 0 Å². The first kappa shape index (κ1) is 24.6. The fourth-order valence-electron chi connectivity index (χ4n) is 5.32. The molecule has 2 aliphatic rings. The smallest absolute Gasteiger partial charge is 0.366 e. The van der Waals surface area contributed by atoms with Crippen LogP contribution in [0.25, 0.3) is 10.9 Å². The van der Waals surface area contributed by atoms with Crippen LogP contribution in [0.4, 0.5) is 19.0 Å². The Bertz CT molecular complexity index is 1240. The zero-order valence-electron chi connectivity index (χ0n) is 20.4. The number of nitrogens with zero attached hydrogens (tertiary/aromatic N) is 3. The second kappa shape index (κ2) is 10.1. The molecule has 0 spiro atoms. The van der Waals surface area contributed by atoms with E-state index in [1.54, 1.807) is 6.07 Å². The number of alkyl halides is 3. The molecule has 1 atom stereocenters. The van der Waals surface area contributed by atoms with E-state index in [-0.39, 0.29) is 11.9 Å². The SMILES string of the molecule is Cc1ccc2nc(NCc3ccc(C(F)(F)F)cc3)cc(C(=O)N3CCC[C@H]3CN3CCCC3)c2c1. The third-order valence-corrected chi connectivity index (χ3v) is 7.26. The Hall–Kier alpha value is -3.13. The molecule has 8 heteroatoms. The summed E-state index contributed by atoms with van der Waals surface area (Å²) >= 11 is 0. The van der Waals surface area contributed by atoms with Crippen LogP contribution in [0.5, 0.6) is 0 Å². The number of rotatable bonds is 6. The van der Waals surface area contributed by atoms with Crippen LogP contribution >= 0.6 is 0 Å². The minimum atomic E-state index is -4.36. The Labute approximate surface area is 209 Å². The second-order valence-corrected chi connectivity index (χ2v) is 9.93. The minimum Gasteiger partial charge on any atom is -0.366 e. The van der Waals surface area contributed by atoms with Crippen molar-refractivity contribution in [1.82, 2.24) is 14.8 Å². The average Bonchev–Trinajstić information content (AvgIpc) is 3.54. The van der Waals surface area contributed by atoms with Gasteiger partial charge in [0.05, 0.1) is 16.6 Å². The van der Waals surface area contributed by atoms with Crippen LogP contribution < -0.4 is 5.32 Å². The molecule has 5 nitrogen and oxygen atoms in total. The standard InChI is InChI=1S/C28H31F3N4O/c1-19-6-11-25-23(15-19)24(27(36)35-14-4-5-22(35)18-34-12-2-3-13-34)16-26(33-25)32-17-20-7-9-21(10-8-20)28(29,30)31/h6-11,15-16,22H,2-5,12-14,17-18H2,1H3,(H,32,33)/t22-/m0/s1. The summed E-state index contributed by atoms with van der Waals surface area (Å²) in [6.45, 7) is 6.18. The van der Waals surface area contributed by atoms with Crippen molar-refractivity contribution in [2.24, 2.45) is 0 Å². The number of halogens is 3. The molecule has 1 N–H and O–H groups in total. The monoisotopic (exact) mass is 496 g/mol. The molecule has 5 rings (SSSR count). The molecule has 2 aromatic carbocycles. The number of amides is 1. The normalized spacial score (nSPS) is 18.8.